The van der Waals surface area contributed by atoms with Crippen LogP contribution in [0.15, 0.2) is 70.6 Å². The molecule has 4 N–H and O–H groups in total. The summed E-state index contributed by atoms with van der Waals surface area (Å²) >= 11 is 0. The maximum atomic E-state index is 12.9. The molecule has 0 spiro atoms. The van der Waals surface area contributed by atoms with Gasteiger partial charge in [0.05, 0.1) is 18.4 Å². The van der Waals surface area contributed by atoms with Crippen LogP contribution in [-0.4, -0.2) is 26.9 Å². The van der Waals surface area contributed by atoms with Crippen LogP contribution in [0.4, 0.5) is 11.4 Å². The van der Waals surface area contributed by atoms with E-state index in [4.69, 9.17) is 4.42 Å². The van der Waals surface area contributed by atoms with Crippen molar-refractivity contribution in [3.05, 3.63) is 83.6 Å². The first-order valence-corrected chi connectivity index (χ1v) is 9.61. The number of benzene rings is 1. The van der Waals surface area contributed by atoms with Gasteiger partial charge in [-0.3, -0.25) is 30.4 Å². The third-order valence-corrected chi connectivity index (χ3v) is 5.02. The Bertz CT molecular complexity index is 1300. The van der Waals surface area contributed by atoms with E-state index in [1.165, 1.54) is 0 Å². The number of hydrogen-bond acceptors (Lipinski definition) is 8. The van der Waals surface area contributed by atoms with Crippen LogP contribution in [0, 0.1) is 0 Å². The van der Waals surface area contributed by atoms with E-state index in [0.29, 0.717) is 30.2 Å². The van der Waals surface area contributed by atoms with Crippen molar-refractivity contribution in [2.45, 2.75) is 13.1 Å². The molecule has 4 heterocycles. The molecule has 31 heavy (non-hydrogen) atoms. The summed E-state index contributed by atoms with van der Waals surface area (Å²) in [5.74, 6) is 0.261. The van der Waals surface area contributed by atoms with Gasteiger partial charge in [0.15, 0.2) is 11.4 Å². The third-order valence-electron chi connectivity index (χ3n) is 5.02. The molecule has 0 bridgehead atoms. The van der Waals surface area contributed by atoms with Crippen LogP contribution in [0.1, 0.15) is 27.2 Å². The highest BCUT2D eigenvalue weighted by molar-refractivity contribution is 6.07. The first-order chi connectivity index (χ1) is 15.2. The van der Waals surface area contributed by atoms with Gasteiger partial charge in [0.2, 0.25) is 5.76 Å². The number of fused-ring (bicyclic) bond motifs is 2. The van der Waals surface area contributed by atoms with Crippen LogP contribution in [0.3, 0.4) is 0 Å². The van der Waals surface area contributed by atoms with E-state index in [9.17, 15) is 10.0 Å². The zero-order chi connectivity index (χ0) is 21.2. The molecular weight excluding hydrogens is 396 g/mol. The van der Waals surface area contributed by atoms with Crippen molar-refractivity contribution in [2.75, 3.05) is 5.32 Å². The van der Waals surface area contributed by atoms with Crippen LogP contribution >= 0.6 is 0 Å². The summed E-state index contributed by atoms with van der Waals surface area (Å²) in [7, 11) is 0. The largest absolute Gasteiger partial charge is 0.447 e. The Balaban J connectivity index is 1.45. The van der Waals surface area contributed by atoms with Gasteiger partial charge in [0, 0.05) is 41.8 Å². The molecule has 0 unspecified atom stereocenters. The molecular formula is C22H18N6O3. The van der Waals surface area contributed by atoms with E-state index < -0.39 is 0 Å². The van der Waals surface area contributed by atoms with E-state index in [1.807, 2.05) is 30.3 Å². The number of amidine groups is 1. The third kappa shape index (κ3) is 3.58. The standard InChI is InChI=1S/C22H18N6O3/c29-22(26-10-13-2-1-6-23-9-13)20-19(17-5-7-24-12-18(17)31-20)27-15-3-4-16-14(8-15)11-25-21(16)28-30/h1-9,12,27,30H,10-11H2,(H,25,28)(H,26,29). The summed E-state index contributed by atoms with van der Waals surface area (Å²) in [6.45, 7) is 0.788. The topological polar surface area (TPSA) is 125 Å². The second-order valence-corrected chi connectivity index (χ2v) is 7.00. The molecule has 0 saturated carbocycles. The average Bonchev–Trinajstić information content (AvgIpc) is 3.39. The molecule has 9 heteroatoms. The van der Waals surface area contributed by atoms with Crippen LogP contribution < -0.4 is 16.1 Å². The fraction of sp³-hybridized carbons (Fsp3) is 0.0909. The highest BCUT2D eigenvalue weighted by atomic mass is 16.5. The number of carbonyl (C=O) groups is 1. The van der Waals surface area contributed by atoms with Crippen molar-refractivity contribution >= 4 is 34.1 Å². The van der Waals surface area contributed by atoms with E-state index in [0.717, 1.165) is 27.8 Å². The predicted molar refractivity (Wildman–Crippen MR) is 114 cm³/mol. The number of hydroxylamine groups is 1. The molecule has 1 aromatic carbocycles. The highest BCUT2D eigenvalue weighted by Crippen LogP contribution is 2.34. The molecule has 0 radical (unpaired) electrons. The minimum absolute atomic E-state index is 0.168. The van der Waals surface area contributed by atoms with Gasteiger partial charge in [-0.05, 0) is 41.5 Å². The van der Waals surface area contributed by atoms with E-state index in [2.05, 4.69) is 31.1 Å². The first kappa shape index (κ1) is 18.8. The van der Waals surface area contributed by atoms with Crippen LogP contribution in [0.2, 0.25) is 0 Å². The molecule has 1 aliphatic rings. The lowest BCUT2D eigenvalue weighted by Crippen LogP contribution is -2.23. The number of amides is 1. The molecule has 5 rings (SSSR count). The number of hydrogen-bond donors (Lipinski definition) is 4. The monoisotopic (exact) mass is 414 g/mol. The normalized spacial score (nSPS) is 12.4. The Kier molecular flexibility index (Phi) is 4.77. The number of carbonyl (C=O) groups excluding carboxylic acids is 1. The number of furan rings is 1. The average molecular weight is 414 g/mol. The highest BCUT2D eigenvalue weighted by Gasteiger charge is 2.22. The van der Waals surface area contributed by atoms with Crippen molar-refractivity contribution in [1.82, 2.24) is 20.8 Å². The fourth-order valence-electron chi connectivity index (χ4n) is 3.52. The van der Waals surface area contributed by atoms with E-state index in [1.54, 1.807) is 30.9 Å². The van der Waals surface area contributed by atoms with Crippen molar-refractivity contribution < 1.29 is 14.4 Å². The van der Waals surface area contributed by atoms with Gasteiger partial charge in [0.25, 0.3) is 5.91 Å². The Morgan fingerprint density at radius 2 is 2.03 bits per heavy atom. The molecule has 0 saturated heterocycles. The molecule has 9 nitrogen and oxygen atoms in total. The first-order valence-electron chi connectivity index (χ1n) is 9.61. The van der Waals surface area contributed by atoms with Gasteiger partial charge in [-0.2, -0.15) is 0 Å². The van der Waals surface area contributed by atoms with Crippen LogP contribution in [0.25, 0.3) is 11.0 Å². The van der Waals surface area contributed by atoms with Gasteiger partial charge in [-0.1, -0.05) is 6.07 Å². The number of rotatable bonds is 5. The molecule has 0 atom stereocenters. The van der Waals surface area contributed by atoms with E-state index >= 15 is 0 Å². The van der Waals surface area contributed by atoms with Gasteiger partial charge in [0.1, 0.15) is 0 Å². The van der Waals surface area contributed by atoms with Gasteiger partial charge in [-0.25, -0.2) is 0 Å². The minimum atomic E-state index is -0.348. The number of aliphatic imine (C=N–C) groups is 1. The molecule has 3 aromatic heterocycles. The minimum Gasteiger partial charge on any atom is -0.447 e. The summed E-state index contributed by atoms with van der Waals surface area (Å²) in [4.78, 5) is 25.3. The molecule has 4 aromatic rings. The number of pyridine rings is 2. The van der Waals surface area contributed by atoms with Gasteiger partial charge < -0.3 is 15.1 Å². The Morgan fingerprint density at radius 1 is 1.13 bits per heavy atom. The van der Waals surface area contributed by atoms with Crippen molar-refractivity contribution in [1.29, 1.82) is 0 Å². The second-order valence-electron chi connectivity index (χ2n) is 7.00. The summed E-state index contributed by atoms with van der Waals surface area (Å²) < 4.78 is 5.83. The summed E-state index contributed by atoms with van der Waals surface area (Å²) in [6.07, 6.45) is 6.61. The van der Waals surface area contributed by atoms with Crippen molar-refractivity contribution in [3.63, 3.8) is 0 Å². The number of nitrogens with zero attached hydrogens (tertiary/aromatic N) is 3. The van der Waals surface area contributed by atoms with Gasteiger partial charge >= 0.3 is 0 Å². The smallest absolute Gasteiger partial charge is 0.289 e. The molecule has 154 valence electrons. The maximum absolute atomic E-state index is 12.9. The zero-order valence-electron chi connectivity index (χ0n) is 16.3. The lowest BCUT2D eigenvalue weighted by molar-refractivity contribution is 0.0926. The molecule has 1 amide bonds. The zero-order valence-corrected chi connectivity index (χ0v) is 16.3. The Morgan fingerprint density at radius 3 is 2.87 bits per heavy atom. The predicted octanol–water partition coefficient (Wildman–Crippen LogP) is 3.14. The Hall–Kier alpha value is -4.24. The summed E-state index contributed by atoms with van der Waals surface area (Å²) in [5, 5.41) is 16.1. The van der Waals surface area contributed by atoms with Crippen LogP contribution in [-0.2, 0) is 13.1 Å². The summed E-state index contributed by atoms with van der Waals surface area (Å²) in [5.41, 5.74) is 6.62. The summed E-state index contributed by atoms with van der Waals surface area (Å²) in [6, 6.07) is 11.1. The molecule has 0 aliphatic carbocycles. The fourth-order valence-corrected chi connectivity index (χ4v) is 3.52. The lowest BCUT2D eigenvalue weighted by atomic mass is 10.1. The second kappa shape index (κ2) is 7.88. The molecule has 0 fully saturated rings. The lowest BCUT2D eigenvalue weighted by Gasteiger charge is -2.10. The SMILES string of the molecule is O=C(NCc1cccnc1)c1oc2cnccc2c1Nc1ccc2c(c1)CN=C2NO. The van der Waals surface area contributed by atoms with E-state index in [-0.39, 0.29) is 11.7 Å². The van der Waals surface area contributed by atoms with Crippen molar-refractivity contribution in [2.24, 2.45) is 4.99 Å². The van der Waals surface area contributed by atoms with Gasteiger partial charge in [-0.15, -0.1) is 0 Å². The number of aromatic nitrogens is 2. The Labute approximate surface area is 176 Å². The number of nitrogens with one attached hydrogen (secondary N) is 3. The van der Waals surface area contributed by atoms with Crippen LogP contribution in [0.5, 0.6) is 0 Å². The molecule has 1 aliphatic heterocycles. The van der Waals surface area contributed by atoms with Crippen molar-refractivity contribution in [3.8, 4) is 0 Å². The quantitative estimate of drug-likeness (QED) is 0.370. The number of anilines is 2. The maximum Gasteiger partial charge on any atom is 0.289 e.